The van der Waals surface area contributed by atoms with Crippen molar-refractivity contribution in [2.75, 3.05) is 7.11 Å². The molecule has 0 aliphatic carbocycles. The Morgan fingerprint density at radius 1 is 1.07 bits per heavy atom. The van der Waals surface area contributed by atoms with Crippen molar-refractivity contribution in [2.24, 2.45) is 0 Å². The lowest BCUT2D eigenvalue weighted by Gasteiger charge is -2.12. The second kappa shape index (κ2) is 8.13. The fourth-order valence-electron chi connectivity index (χ4n) is 2.68. The van der Waals surface area contributed by atoms with Gasteiger partial charge in [-0.25, -0.2) is 5.10 Å². The Balaban J connectivity index is 2.04. The first-order chi connectivity index (χ1) is 12.9. The molecule has 0 aliphatic heterocycles. The number of rotatable bonds is 5. The van der Waals surface area contributed by atoms with Gasteiger partial charge in [-0.1, -0.05) is 34.8 Å². The van der Waals surface area contributed by atoms with Crippen molar-refractivity contribution in [1.82, 2.24) is 10.2 Å². The van der Waals surface area contributed by atoms with E-state index in [0.29, 0.717) is 27.5 Å². The summed E-state index contributed by atoms with van der Waals surface area (Å²) in [6.07, 6.45) is 1.76. The van der Waals surface area contributed by atoms with Crippen LogP contribution in [0.25, 0.3) is 0 Å². The number of carbonyl (C=O) groups is 1. The van der Waals surface area contributed by atoms with Gasteiger partial charge in [0.2, 0.25) is 0 Å². The zero-order valence-corrected chi connectivity index (χ0v) is 16.3. The molecule has 1 heterocycles. The molecule has 5 nitrogen and oxygen atoms in total. The lowest BCUT2D eigenvalue weighted by molar-refractivity contribution is 0.103. The number of hydrogen-bond acceptors (Lipinski definition) is 4. The van der Waals surface area contributed by atoms with Crippen LogP contribution in [0.4, 0.5) is 0 Å². The Morgan fingerprint density at radius 2 is 1.78 bits per heavy atom. The van der Waals surface area contributed by atoms with Crippen LogP contribution in [-0.4, -0.2) is 23.1 Å². The minimum Gasteiger partial charge on any atom is -0.496 e. The van der Waals surface area contributed by atoms with Gasteiger partial charge < -0.3 is 4.74 Å². The van der Waals surface area contributed by atoms with E-state index in [4.69, 9.17) is 39.5 Å². The third kappa shape index (κ3) is 4.16. The lowest BCUT2D eigenvalue weighted by Crippen LogP contribution is -2.14. The average molecular weight is 424 g/mol. The maximum atomic E-state index is 12.9. The van der Waals surface area contributed by atoms with Gasteiger partial charge in [-0.3, -0.25) is 9.59 Å². The number of ether oxygens (including phenoxy) is 1. The van der Waals surface area contributed by atoms with E-state index in [0.717, 1.165) is 0 Å². The summed E-state index contributed by atoms with van der Waals surface area (Å²) < 4.78 is 5.35. The summed E-state index contributed by atoms with van der Waals surface area (Å²) in [5.74, 6) is 0.199. The molecular weight excluding hydrogens is 411 g/mol. The van der Waals surface area contributed by atoms with Gasteiger partial charge >= 0.3 is 0 Å². The quantitative estimate of drug-likeness (QED) is 0.611. The predicted molar refractivity (Wildman–Crippen MR) is 106 cm³/mol. The van der Waals surface area contributed by atoms with Crippen LogP contribution in [-0.2, 0) is 6.42 Å². The maximum Gasteiger partial charge on any atom is 0.267 e. The minimum absolute atomic E-state index is 0.167. The van der Waals surface area contributed by atoms with E-state index >= 15 is 0 Å². The second-order valence-electron chi connectivity index (χ2n) is 5.69. The largest absolute Gasteiger partial charge is 0.496 e. The molecule has 3 rings (SSSR count). The second-order valence-corrected chi connectivity index (χ2v) is 6.94. The highest BCUT2D eigenvalue weighted by molar-refractivity contribution is 6.43. The molecule has 1 aromatic heterocycles. The first-order valence-corrected chi connectivity index (χ1v) is 8.93. The van der Waals surface area contributed by atoms with Crippen LogP contribution in [0.5, 0.6) is 5.75 Å². The third-order valence-corrected chi connectivity index (χ3v) is 4.78. The van der Waals surface area contributed by atoms with Crippen LogP contribution in [0.2, 0.25) is 15.1 Å². The Labute approximate surface area is 169 Å². The molecule has 0 saturated carbocycles. The Bertz CT molecular complexity index is 1060. The molecule has 8 heteroatoms. The van der Waals surface area contributed by atoms with Gasteiger partial charge in [-0.15, -0.1) is 0 Å². The Morgan fingerprint density at radius 3 is 2.41 bits per heavy atom. The third-order valence-electron chi connectivity index (χ3n) is 3.97. The SMILES string of the molecule is COc1ccc(C(=O)c2c(Cl)cc(Cl)cc2Cl)cc1Cc1ccn[nH]c1=O. The summed E-state index contributed by atoms with van der Waals surface area (Å²) in [5.41, 5.74) is 1.39. The molecule has 0 saturated heterocycles. The molecule has 0 spiro atoms. The summed E-state index contributed by atoms with van der Waals surface area (Å²) in [6, 6.07) is 9.47. The number of methoxy groups -OCH3 is 1. The van der Waals surface area contributed by atoms with Gasteiger partial charge in [-0.2, -0.15) is 5.10 Å². The van der Waals surface area contributed by atoms with Gasteiger partial charge in [-0.05, 0) is 42.0 Å². The van der Waals surface area contributed by atoms with Crippen LogP contribution >= 0.6 is 34.8 Å². The molecule has 0 fully saturated rings. The molecule has 27 heavy (non-hydrogen) atoms. The maximum absolute atomic E-state index is 12.9. The minimum atomic E-state index is -0.353. The monoisotopic (exact) mass is 422 g/mol. The van der Waals surface area contributed by atoms with Crippen molar-refractivity contribution in [3.63, 3.8) is 0 Å². The number of nitrogens with zero attached hydrogens (tertiary/aromatic N) is 1. The molecule has 0 amide bonds. The Kier molecular flexibility index (Phi) is 5.85. The predicted octanol–water partition coefficient (Wildman–Crippen LogP) is 4.56. The van der Waals surface area contributed by atoms with Gasteiger partial charge in [0.05, 0.1) is 22.7 Å². The number of ketones is 1. The highest BCUT2D eigenvalue weighted by Crippen LogP contribution is 2.32. The zero-order chi connectivity index (χ0) is 19.6. The van der Waals surface area contributed by atoms with Crippen molar-refractivity contribution < 1.29 is 9.53 Å². The number of benzene rings is 2. The Hall–Kier alpha value is -2.34. The number of carbonyl (C=O) groups excluding carboxylic acids is 1. The number of aromatic amines is 1. The summed E-state index contributed by atoms with van der Waals surface area (Å²) >= 11 is 18.2. The van der Waals surface area contributed by atoms with Crippen LogP contribution < -0.4 is 10.3 Å². The molecule has 2 aromatic carbocycles. The van der Waals surface area contributed by atoms with Crippen molar-refractivity contribution in [2.45, 2.75) is 6.42 Å². The number of H-pyrrole nitrogens is 1. The van der Waals surface area contributed by atoms with E-state index in [1.165, 1.54) is 25.4 Å². The van der Waals surface area contributed by atoms with Crippen molar-refractivity contribution in [3.8, 4) is 5.75 Å². The molecule has 0 radical (unpaired) electrons. The van der Waals surface area contributed by atoms with Crippen LogP contribution in [0, 0.1) is 0 Å². The molecule has 0 atom stereocenters. The van der Waals surface area contributed by atoms with Gasteiger partial charge in [0.15, 0.2) is 5.78 Å². The number of aromatic nitrogens is 2. The summed E-state index contributed by atoms with van der Waals surface area (Å²) in [6.45, 7) is 0. The highest BCUT2D eigenvalue weighted by Gasteiger charge is 2.19. The van der Waals surface area contributed by atoms with Crippen molar-refractivity contribution in [1.29, 1.82) is 0 Å². The molecule has 0 aliphatic rings. The normalized spacial score (nSPS) is 10.7. The first-order valence-electron chi connectivity index (χ1n) is 7.79. The van der Waals surface area contributed by atoms with E-state index < -0.39 is 0 Å². The van der Waals surface area contributed by atoms with Crippen molar-refractivity contribution >= 4 is 40.6 Å². The van der Waals surface area contributed by atoms with Gasteiger partial charge in [0, 0.05) is 28.8 Å². The van der Waals surface area contributed by atoms with Gasteiger partial charge in [0.25, 0.3) is 5.56 Å². The highest BCUT2D eigenvalue weighted by atomic mass is 35.5. The zero-order valence-electron chi connectivity index (χ0n) is 14.1. The number of nitrogens with one attached hydrogen (secondary N) is 1. The summed E-state index contributed by atoms with van der Waals surface area (Å²) in [4.78, 5) is 24.9. The first kappa shape index (κ1) is 19.4. The van der Waals surface area contributed by atoms with E-state index in [-0.39, 0.29) is 33.4 Å². The molecule has 1 N–H and O–H groups in total. The average Bonchev–Trinajstić information content (AvgIpc) is 2.62. The van der Waals surface area contributed by atoms with Crippen LogP contribution in [0.3, 0.4) is 0 Å². The summed E-state index contributed by atoms with van der Waals surface area (Å²) in [5, 5.41) is 6.73. The standard InChI is InChI=1S/C19H13Cl3N2O3/c1-27-16-3-2-10(6-12(16)7-11-4-5-23-24-19(11)26)18(25)17-14(21)8-13(20)9-15(17)22/h2-6,8-9H,7H2,1H3,(H,24,26). The molecular formula is C19H13Cl3N2O3. The topological polar surface area (TPSA) is 72.0 Å². The summed E-state index contributed by atoms with van der Waals surface area (Å²) in [7, 11) is 1.52. The van der Waals surface area contributed by atoms with E-state index in [1.54, 1.807) is 24.3 Å². The van der Waals surface area contributed by atoms with E-state index in [9.17, 15) is 9.59 Å². The fraction of sp³-hybridized carbons (Fsp3) is 0.105. The molecule has 138 valence electrons. The molecule has 3 aromatic rings. The van der Waals surface area contributed by atoms with E-state index in [1.807, 2.05) is 0 Å². The van der Waals surface area contributed by atoms with Crippen LogP contribution in [0.15, 0.2) is 47.4 Å². The number of halogens is 3. The number of hydrogen-bond donors (Lipinski definition) is 1. The van der Waals surface area contributed by atoms with Crippen molar-refractivity contribution in [3.05, 3.63) is 90.3 Å². The van der Waals surface area contributed by atoms with Gasteiger partial charge in [0.1, 0.15) is 5.75 Å². The van der Waals surface area contributed by atoms with Crippen LogP contribution in [0.1, 0.15) is 27.0 Å². The molecule has 0 unspecified atom stereocenters. The fourth-order valence-corrected chi connectivity index (χ4v) is 3.67. The smallest absolute Gasteiger partial charge is 0.267 e. The lowest BCUT2D eigenvalue weighted by atomic mass is 9.98. The van der Waals surface area contributed by atoms with E-state index in [2.05, 4.69) is 10.2 Å². The molecule has 0 bridgehead atoms.